The first-order valence-corrected chi connectivity index (χ1v) is 7.03. The van der Waals surface area contributed by atoms with Gasteiger partial charge in [0.25, 0.3) is 0 Å². The van der Waals surface area contributed by atoms with E-state index in [1.807, 2.05) is 13.8 Å². The van der Waals surface area contributed by atoms with Crippen LogP contribution in [0.25, 0.3) is 0 Å². The predicted octanol–water partition coefficient (Wildman–Crippen LogP) is 0.108. The van der Waals surface area contributed by atoms with Gasteiger partial charge < -0.3 is 10.1 Å². The second-order valence-corrected chi connectivity index (χ2v) is 5.50. The molecule has 0 spiro atoms. The summed E-state index contributed by atoms with van der Waals surface area (Å²) < 4.78 is 30.4. The van der Waals surface area contributed by atoms with Gasteiger partial charge in [-0.05, 0) is 13.5 Å². The molecule has 0 atom stereocenters. The fourth-order valence-corrected chi connectivity index (χ4v) is 1.92. The van der Waals surface area contributed by atoms with Crippen molar-refractivity contribution in [1.29, 1.82) is 0 Å². The molecule has 0 aliphatic carbocycles. The molecule has 0 aromatic carbocycles. The van der Waals surface area contributed by atoms with Crippen molar-refractivity contribution >= 4 is 10.0 Å². The Morgan fingerprint density at radius 3 is 2.62 bits per heavy atom. The number of hydrogen-bond acceptors (Lipinski definition) is 4. The first-order chi connectivity index (χ1) is 7.48. The number of hydrogen-bond donors (Lipinski definition) is 2. The van der Waals surface area contributed by atoms with E-state index in [-0.39, 0.29) is 5.75 Å². The molecule has 96 valence electrons. The predicted molar refractivity (Wildman–Crippen MR) is 66.0 cm³/mol. The van der Waals surface area contributed by atoms with E-state index in [0.717, 1.165) is 12.1 Å². The maximum atomic E-state index is 11.4. The monoisotopic (exact) mass is 250 g/mol. The molecule has 0 bridgehead atoms. The van der Waals surface area contributed by atoms with Crippen LogP contribution >= 0.6 is 0 Å². The third-order valence-electron chi connectivity index (χ3n) is 1.71. The van der Waals surface area contributed by atoms with E-state index in [4.69, 9.17) is 4.74 Å². The highest BCUT2D eigenvalue weighted by atomic mass is 32.2. The van der Waals surface area contributed by atoms with Crippen molar-refractivity contribution < 1.29 is 13.2 Å². The smallest absolute Gasteiger partial charge is 0.212 e. The van der Waals surface area contributed by atoms with Crippen LogP contribution in [0.1, 0.15) is 13.8 Å². The molecule has 0 heterocycles. The minimum atomic E-state index is -3.17. The van der Waals surface area contributed by atoms with Gasteiger partial charge in [0.2, 0.25) is 10.0 Å². The molecule has 0 saturated carbocycles. The Bertz CT molecular complexity index is 288. The Kier molecular flexibility index (Phi) is 8.46. The van der Waals surface area contributed by atoms with Gasteiger partial charge in [-0.25, -0.2) is 13.1 Å². The summed E-state index contributed by atoms with van der Waals surface area (Å²) in [5.41, 5.74) is 0.926. The average Bonchev–Trinajstić information content (AvgIpc) is 2.16. The highest BCUT2D eigenvalue weighted by Gasteiger charge is 2.07. The Balaban J connectivity index is 3.54. The van der Waals surface area contributed by atoms with Crippen LogP contribution in [0.3, 0.4) is 0 Å². The molecule has 2 N–H and O–H groups in total. The fraction of sp³-hybridized carbons (Fsp3) is 0.800. The highest BCUT2D eigenvalue weighted by Crippen LogP contribution is 1.88. The van der Waals surface area contributed by atoms with Gasteiger partial charge in [0.15, 0.2) is 0 Å². The molecule has 5 nitrogen and oxygen atoms in total. The molecule has 6 heteroatoms. The molecule has 0 aromatic rings. The molecule has 0 aliphatic heterocycles. The van der Waals surface area contributed by atoms with Crippen molar-refractivity contribution in [1.82, 2.24) is 10.0 Å². The molecular weight excluding hydrogens is 228 g/mol. The summed E-state index contributed by atoms with van der Waals surface area (Å²) >= 11 is 0. The fourth-order valence-electron chi connectivity index (χ4n) is 0.971. The minimum absolute atomic E-state index is 0.0985. The van der Waals surface area contributed by atoms with Crippen LogP contribution in [-0.4, -0.2) is 47.0 Å². The van der Waals surface area contributed by atoms with Crippen LogP contribution in [0.15, 0.2) is 12.2 Å². The zero-order valence-electron chi connectivity index (χ0n) is 10.1. The van der Waals surface area contributed by atoms with Crippen LogP contribution in [0.4, 0.5) is 0 Å². The topological polar surface area (TPSA) is 67.4 Å². The van der Waals surface area contributed by atoms with E-state index < -0.39 is 10.0 Å². The van der Waals surface area contributed by atoms with Gasteiger partial charge in [0.1, 0.15) is 0 Å². The summed E-state index contributed by atoms with van der Waals surface area (Å²) in [6, 6.07) is 0. The number of ether oxygens (including phenoxy) is 1. The van der Waals surface area contributed by atoms with Gasteiger partial charge >= 0.3 is 0 Å². The van der Waals surface area contributed by atoms with E-state index in [1.54, 1.807) is 0 Å². The summed E-state index contributed by atoms with van der Waals surface area (Å²) in [7, 11) is -3.17. The second kappa shape index (κ2) is 8.69. The average molecular weight is 250 g/mol. The van der Waals surface area contributed by atoms with Crippen molar-refractivity contribution in [2.24, 2.45) is 0 Å². The maximum absolute atomic E-state index is 11.4. The second-order valence-electron chi connectivity index (χ2n) is 3.58. The zero-order valence-corrected chi connectivity index (χ0v) is 10.9. The van der Waals surface area contributed by atoms with Crippen molar-refractivity contribution in [2.45, 2.75) is 13.8 Å². The van der Waals surface area contributed by atoms with Crippen LogP contribution in [-0.2, 0) is 14.8 Å². The third kappa shape index (κ3) is 10.1. The largest absolute Gasteiger partial charge is 0.376 e. The molecule has 0 aromatic heterocycles. The maximum Gasteiger partial charge on any atom is 0.212 e. The van der Waals surface area contributed by atoms with E-state index in [1.165, 1.54) is 0 Å². The van der Waals surface area contributed by atoms with Gasteiger partial charge in [0.05, 0.1) is 19.0 Å². The Labute approximate surface area is 98.3 Å². The van der Waals surface area contributed by atoms with Gasteiger partial charge in [-0.3, -0.25) is 0 Å². The van der Waals surface area contributed by atoms with Crippen LogP contribution in [0.2, 0.25) is 0 Å². The molecule has 0 amide bonds. The minimum Gasteiger partial charge on any atom is -0.376 e. The molecule has 0 fully saturated rings. The summed E-state index contributed by atoms with van der Waals surface area (Å²) in [6.07, 6.45) is 0. The van der Waals surface area contributed by atoms with E-state index in [0.29, 0.717) is 26.3 Å². The summed E-state index contributed by atoms with van der Waals surface area (Å²) in [5.74, 6) is 0.0985. The van der Waals surface area contributed by atoms with E-state index in [2.05, 4.69) is 16.6 Å². The SMILES string of the molecule is C=C(C)COCCNS(=O)(=O)CCNCC. The first-order valence-electron chi connectivity index (χ1n) is 5.38. The third-order valence-corrected chi connectivity index (χ3v) is 3.10. The lowest BCUT2D eigenvalue weighted by atomic mass is 10.4. The molecule has 0 aliphatic rings. The standard InChI is InChI=1S/C10H22N2O3S/c1-4-11-6-8-16(13,14)12-5-7-15-9-10(2)3/h11-12H,2,4-9H2,1,3H3. The summed E-state index contributed by atoms with van der Waals surface area (Å²) in [6.45, 7) is 9.87. The lowest BCUT2D eigenvalue weighted by molar-refractivity contribution is 0.162. The van der Waals surface area contributed by atoms with Crippen LogP contribution in [0.5, 0.6) is 0 Å². The summed E-state index contributed by atoms with van der Waals surface area (Å²) in [4.78, 5) is 0. The lowest BCUT2D eigenvalue weighted by Crippen LogP contribution is -2.33. The number of nitrogens with one attached hydrogen (secondary N) is 2. The quantitative estimate of drug-likeness (QED) is 0.426. The Morgan fingerprint density at radius 1 is 1.38 bits per heavy atom. The Morgan fingerprint density at radius 2 is 2.06 bits per heavy atom. The molecule has 0 radical (unpaired) electrons. The highest BCUT2D eigenvalue weighted by molar-refractivity contribution is 7.89. The van der Waals surface area contributed by atoms with Gasteiger partial charge in [-0.1, -0.05) is 19.1 Å². The lowest BCUT2D eigenvalue weighted by Gasteiger charge is -2.07. The van der Waals surface area contributed by atoms with E-state index >= 15 is 0 Å². The molecule has 0 rings (SSSR count). The van der Waals surface area contributed by atoms with Crippen LogP contribution < -0.4 is 10.0 Å². The van der Waals surface area contributed by atoms with Crippen molar-refractivity contribution in [3.63, 3.8) is 0 Å². The summed E-state index contributed by atoms with van der Waals surface area (Å²) in [5, 5.41) is 2.96. The van der Waals surface area contributed by atoms with Gasteiger partial charge in [-0.15, -0.1) is 0 Å². The van der Waals surface area contributed by atoms with Crippen LogP contribution in [0, 0.1) is 0 Å². The molecular formula is C10H22N2O3S. The number of rotatable bonds is 10. The Hall–Kier alpha value is -0.430. The number of sulfonamides is 1. The first kappa shape index (κ1) is 15.6. The van der Waals surface area contributed by atoms with Crippen molar-refractivity contribution in [3.05, 3.63) is 12.2 Å². The molecule has 16 heavy (non-hydrogen) atoms. The van der Waals surface area contributed by atoms with Gasteiger partial charge in [-0.2, -0.15) is 0 Å². The van der Waals surface area contributed by atoms with Crippen molar-refractivity contribution in [2.75, 3.05) is 38.6 Å². The van der Waals surface area contributed by atoms with Gasteiger partial charge in [0, 0.05) is 13.1 Å². The molecule has 0 unspecified atom stereocenters. The zero-order chi connectivity index (χ0) is 12.4. The normalized spacial score (nSPS) is 11.6. The molecule has 0 saturated heterocycles. The van der Waals surface area contributed by atoms with E-state index in [9.17, 15) is 8.42 Å². The van der Waals surface area contributed by atoms with Crippen molar-refractivity contribution in [3.8, 4) is 0 Å².